The highest BCUT2D eigenvalue weighted by Crippen LogP contribution is 2.23. The van der Waals surface area contributed by atoms with Crippen LogP contribution < -0.4 is 0 Å². The number of aromatic nitrogens is 2. The van der Waals surface area contributed by atoms with E-state index in [1.54, 1.807) is 0 Å². The van der Waals surface area contributed by atoms with Crippen LogP contribution >= 0.6 is 11.8 Å². The number of carbonyl (C=O) groups excluding carboxylic acids is 1. The average molecular weight is 355 g/mol. The fourth-order valence-electron chi connectivity index (χ4n) is 2.03. The van der Waals surface area contributed by atoms with Gasteiger partial charge in [0.15, 0.2) is 0 Å². The topological polar surface area (TPSA) is 107 Å². The van der Waals surface area contributed by atoms with Gasteiger partial charge in [0.1, 0.15) is 0 Å². The second kappa shape index (κ2) is 9.45. The van der Waals surface area contributed by atoms with E-state index in [0.717, 1.165) is 22.9 Å². The zero-order valence-corrected chi connectivity index (χ0v) is 14.6. The number of nitrogens with zero attached hydrogens (tertiary/aromatic N) is 5. The van der Waals surface area contributed by atoms with Crippen molar-refractivity contribution in [3.8, 4) is 23.6 Å². The number of rotatable bonds is 8. The zero-order valence-electron chi connectivity index (χ0n) is 13.8. The SMILES string of the molecule is Cc1ccc(-c2nnc(SCC(=O)N(CCC#N)CCC#N)o2)cc1. The lowest BCUT2D eigenvalue weighted by Gasteiger charge is -2.19. The van der Waals surface area contributed by atoms with Crippen LogP contribution in [0, 0.1) is 29.6 Å². The molecule has 0 spiro atoms. The Bertz CT molecular complexity index is 771. The second-order valence-electron chi connectivity index (χ2n) is 5.22. The highest BCUT2D eigenvalue weighted by molar-refractivity contribution is 7.99. The molecular formula is C17H17N5O2S. The Morgan fingerprint density at radius 1 is 1.16 bits per heavy atom. The summed E-state index contributed by atoms with van der Waals surface area (Å²) in [5, 5.41) is 25.6. The third-order valence-electron chi connectivity index (χ3n) is 3.36. The van der Waals surface area contributed by atoms with Crippen molar-refractivity contribution in [2.75, 3.05) is 18.8 Å². The van der Waals surface area contributed by atoms with Crippen LogP contribution in [0.3, 0.4) is 0 Å². The van der Waals surface area contributed by atoms with E-state index in [1.165, 1.54) is 4.90 Å². The quantitative estimate of drug-likeness (QED) is 0.670. The van der Waals surface area contributed by atoms with Gasteiger partial charge in [-0.3, -0.25) is 4.79 Å². The van der Waals surface area contributed by atoms with Crippen LogP contribution in [0.4, 0.5) is 0 Å². The van der Waals surface area contributed by atoms with Gasteiger partial charge in [-0.05, 0) is 19.1 Å². The van der Waals surface area contributed by atoms with E-state index >= 15 is 0 Å². The first-order valence-electron chi connectivity index (χ1n) is 7.69. The number of carbonyl (C=O) groups is 1. The fraction of sp³-hybridized carbons (Fsp3) is 0.353. The van der Waals surface area contributed by atoms with E-state index in [-0.39, 0.29) is 24.5 Å². The van der Waals surface area contributed by atoms with Gasteiger partial charge in [-0.25, -0.2) is 0 Å². The molecule has 0 N–H and O–H groups in total. The van der Waals surface area contributed by atoms with Gasteiger partial charge >= 0.3 is 0 Å². The minimum Gasteiger partial charge on any atom is -0.411 e. The number of aryl methyl sites for hydroxylation is 1. The molecule has 0 aliphatic rings. The van der Waals surface area contributed by atoms with E-state index in [2.05, 4.69) is 10.2 Å². The van der Waals surface area contributed by atoms with E-state index in [9.17, 15) is 4.79 Å². The molecule has 1 aromatic heterocycles. The van der Waals surface area contributed by atoms with E-state index in [0.29, 0.717) is 24.2 Å². The predicted octanol–water partition coefficient (Wildman–Crippen LogP) is 2.79. The first-order valence-corrected chi connectivity index (χ1v) is 8.67. The Balaban J connectivity index is 1.93. The molecule has 0 radical (unpaired) electrons. The van der Waals surface area contributed by atoms with Crippen molar-refractivity contribution < 1.29 is 9.21 Å². The van der Waals surface area contributed by atoms with Crippen LogP contribution in [-0.4, -0.2) is 39.8 Å². The van der Waals surface area contributed by atoms with E-state index in [1.807, 2.05) is 43.3 Å². The van der Waals surface area contributed by atoms with Crippen molar-refractivity contribution in [2.24, 2.45) is 0 Å². The molecular weight excluding hydrogens is 338 g/mol. The summed E-state index contributed by atoms with van der Waals surface area (Å²) in [7, 11) is 0. The summed E-state index contributed by atoms with van der Waals surface area (Å²) in [5.74, 6) is 0.359. The largest absolute Gasteiger partial charge is 0.411 e. The Labute approximate surface area is 150 Å². The second-order valence-corrected chi connectivity index (χ2v) is 6.15. The minimum atomic E-state index is -0.161. The van der Waals surface area contributed by atoms with Gasteiger partial charge in [0.25, 0.3) is 5.22 Å². The molecule has 0 saturated heterocycles. The minimum absolute atomic E-state index is 0.117. The van der Waals surface area contributed by atoms with Crippen molar-refractivity contribution >= 4 is 17.7 Å². The lowest BCUT2D eigenvalue weighted by molar-refractivity contribution is -0.128. The number of hydrogen-bond donors (Lipinski definition) is 0. The normalized spacial score (nSPS) is 10.0. The maximum absolute atomic E-state index is 12.2. The standard InChI is InChI=1S/C17H17N5O2S/c1-13-4-6-14(7-5-13)16-20-21-17(24-16)25-12-15(23)22(10-2-8-18)11-3-9-19/h4-7H,2-3,10-12H2,1H3. The van der Waals surface area contributed by atoms with Crippen molar-refractivity contribution in [1.82, 2.24) is 15.1 Å². The van der Waals surface area contributed by atoms with Crippen LogP contribution in [0.25, 0.3) is 11.5 Å². The number of thioether (sulfide) groups is 1. The molecule has 7 nitrogen and oxygen atoms in total. The summed E-state index contributed by atoms with van der Waals surface area (Å²) >= 11 is 1.15. The zero-order chi connectivity index (χ0) is 18.1. The fourth-order valence-corrected chi connectivity index (χ4v) is 2.69. The molecule has 128 valence electrons. The summed E-state index contributed by atoms with van der Waals surface area (Å²) in [6.45, 7) is 2.63. The van der Waals surface area contributed by atoms with Crippen molar-refractivity contribution in [1.29, 1.82) is 10.5 Å². The molecule has 2 aromatic rings. The number of hydrogen-bond acceptors (Lipinski definition) is 7. The van der Waals surface area contributed by atoms with Gasteiger partial charge < -0.3 is 9.32 Å². The Morgan fingerprint density at radius 3 is 2.40 bits per heavy atom. The number of amides is 1. The smallest absolute Gasteiger partial charge is 0.277 e. The molecule has 0 aliphatic heterocycles. The van der Waals surface area contributed by atoms with Crippen molar-refractivity contribution in [3.05, 3.63) is 29.8 Å². The van der Waals surface area contributed by atoms with Crippen LogP contribution in [0.5, 0.6) is 0 Å². The number of benzene rings is 1. The molecule has 2 rings (SSSR count). The third-order valence-corrected chi connectivity index (χ3v) is 4.17. The number of nitriles is 2. The summed E-state index contributed by atoms with van der Waals surface area (Å²) in [6, 6.07) is 11.7. The molecule has 1 heterocycles. The van der Waals surface area contributed by atoms with Crippen molar-refractivity contribution in [3.63, 3.8) is 0 Å². The summed E-state index contributed by atoms with van der Waals surface area (Å²) in [5.41, 5.74) is 1.96. The van der Waals surface area contributed by atoms with E-state index in [4.69, 9.17) is 14.9 Å². The van der Waals surface area contributed by atoms with Gasteiger partial charge in [-0.2, -0.15) is 10.5 Å². The Kier molecular flexibility index (Phi) is 7.00. The van der Waals surface area contributed by atoms with Crippen LogP contribution in [0.1, 0.15) is 18.4 Å². The molecule has 0 saturated carbocycles. The molecule has 1 aromatic carbocycles. The average Bonchev–Trinajstić information content (AvgIpc) is 3.09. The molecule has 8 heteroatoms. The Morgan fingerprint density at radius 2 is 1.80 bits per heavy atom. The van der Waals surface area contributed by atoms with Gasteiger partial charge in [0.05, 0.1) is 30.7 Å². The summed E-state index contributed by atoms with van der Waals surface area (Å²) < 4.78 is 5.57. The predicted molar refractivity (Wildman–Crippen MR) is 92.2 cm³/mol. The summed E-state index contributed by atoms with van der Waals surface area (Å²) in [4.78, 5) is 13.7. The molecule has 25 heavy (non-hydrogen) atoms. The van der Waals surface area contributed by atoms with Gasteiger partial charge in [0, 0.05) is 18.7 Å². The monoisotopic (exact) mass is 355 g/mol. The van der Waals surface area contributed by atoms with Crippen LogP contribution in [0.15, 0.2) is 33.9 Å². The van der Waals surface area contributed by atoms with Crippen LogP contribution in [0.2, 0.25) is 0 Å². The molecule has 0 aliphatic carbocycles. The third kappa shape index (κ3) is 5.63. The Hall–Kier alpha value is -2.84. The molecule has 1 amide bonds. The summed E-state index contributed by atoms with van der Waals surface area (Å²) in [6.07, 6.45) is 0.472. The molecule has 0 unspecified atom stereocenters. The van der Waals surface area contributed by atoms with Crippen molar-refractivity contribution in [2.45, 2.75) is 25.0 Å². The molecule has 0 fully saturated rings. The first-order chi connectivity index (χ1) is 12.1. The van der Waals surface area contributed by atoms with E-state index < -0.39 is 0 Å². The maximum atomic E-state index is 12.2. The van der Waals surface area contributed by atoms with Gasteiger partial charge in [-0.15, -0.1) is 10.2 Å². The lowest BCUT2D eigenvalue weighted by Crippen LogP contribution is -2.34. The van der Waals surface area contributed by atoms with Gasteiger partial charge in [-0.1, -0.05) is 29.5 Å². The first kappa shape index (κ1) is 18.5. The molecule has 0 atom stereocenters. The van der Waals surface area contributed by atoms with Gasteiger partial charge in [0.2, 0.25) is 11.8 Å². The van der Waals surface area contributed by atoms with Crippen LogP contribution in [-0.2, 0) is 4.79 Å². The maximum Gasteiger partial charge on any atom is 0.277 e. The highest BCUT2D eigenvalue weighted by Gasteiger charge is 2.16. The highest BCUT2D eigenvalue weighted by atomic mass is 32.2. The molecule has 0 bridgehead atoms. The lowest BCUT2D eigenvalue weighted by atomic mass is 10.1.